The van der Waals surface area contributed by atoms with Gasteiger partial charge in [-0.05, 0) is 0 Å². The zero-order valence-electron chi connectivity index (χ0n) is 11.8. The van der Waals surface area contributed by atoms with Gasteiger partial charge in [-0.25, -0.2) is 9.99 Å². The molecule has 3 heterocycles. The van der Waals surface area contributed by atoms with Crippen molar-refractivity contribution in [2.75, 3.05) is 6.54 Å². The predicted molar refractivity (Wildman–Crippen MR) is 85.9 cm³/mol. The quantitative estimate of drug-likeness (QED) is 0.643. The van der Waals surface area contributed by atoms with E-state index >= 15 is 0 Å². The summed E-state index contributed by atoms with van der Waals surface area (Å²) in [4.78, 5) is 4.45. The van der Waals surface area contributed by atoms with Crippen molar-refractivity contribution >= 4 is 50.1 Å². The predicted octanol–water partition coefficient (Wildman–Crippen LogP) is 1.38. The van der Waals surface area contributed by atoms with Gasteiger partial charge in [0.15, 0.2) is 10.1 Å². The number of hydrogen-bond donors (Lipinski definition) is 1. The third kappa shape index (κ3) is 2.57. The molecule has 0 saturated carbocycles. The monoisotopic (exact) mass is 360 g/mol. The number of halogens is 1. The average molecular weight is 361 g/mol. The van der Waals surface area contributed by atoms with E-state index < -0.39 is 10.0 Å². The topological polar surface area (TPSA) is 105 Å². The molecule has 0 saturated heterocycles. The van der Waals surface area contributed by atoms with Crippen LogP contribution in [0.3, 0.4) is 0 Å². The molecule has 0 fully saturated rings. The Labute approximate surface area is 136 Å². The van der Waals surface area contributed by atoms with Crippen LogP contribution in [0.25, 0.3) is 4.96 Å². The first kappa shape index (κ1) is 15.3. The summed E-state index contributed by atoms with van der Waals surface area (Å²) < 4.78 is 29.9. The van der Waals surface area contributed by atoms with Gasteiger partial charge in [0, 0.05) is 23.2 Å². The molecule has 0 unspecified atom stereocenters. The Hall–Kier alpha value is -1.65. The average Bonchev–Trinajstić information content (AvgIpc) is 3.01. The first-order chi connectivity index (χ1) is 10.2. The van der Waals surface area contributed by atoms with Gasteiger partial charge < -0.3 is 5.73 Å². The van der Waals surface area contributed by atoms with Gasteiger partial charge in [0.25, 0.3) is 0 Å². The highest BCUT2D eigenvalue weighted by atomic mass is 35.5. The Morgan fingerprint density at radius 2 is 2.27 bits per heavy atom. The van der Waals surface area contributed by atoms with E-state index in [-0.39, 0.29) is 21.6 Å². The van der Waals surface area contributed by atoms with E-state index in [0.717, 1.165) is 0 Å². The van der Waals surface area contributed by atoms with Crippen molar-refractivity contribution in [1.29, 1.82) is 0 Å². The maximum Gasteiger partial charge on any atom is 0.304 e. The van der Waals surface area contributed by atoms with Gasteiger partial charge in [0.2, 0.25) is 11.0 Å². The highest BCUT2D eigenvalue weighted by Crippen LogP contribution is 2.27. The lowest BCUT2D eigenvalue weighted by Crippen LogP contribution is -2.35. The minimum Gasteiger partial charge on any atom is -0.367 e. The number of rotatable bonds is 2. The number of imidazole rings is 1. The molecule has 0 bridgehead atoms. The van der Waals surface area contributed by atoms with Crippen molar-refractivity contribution < 1.29 is 8.42 Å². The second kappa shape index (κ2) is 4.93. The molecule has 22 heavy (non-hydrogen) atoms. The molecule has 2 aromatic heterocycles. The molecule has 0 atom stereocenters. The molecule has 1 aliphatic rings. The maximum absolute atomic E-state index is 12.5. The van der Waals surface area contributed by atoms with Crippen LogP contribution < -0.4 is 5.73 Å². The summed E-state index contributed by atoms with van der Waals surface area (Å²) in [6.45, 7) is 4.37. The number of guanidine groups is 1. The molecule has 2 N–H and O–H groups in total. The number of hydrazone groups is 1. The highest BCUT2D eigenvalue weighted by Gasteiger charge is 2.30. The zero-order chi connectivity index (χ0) is 16.1. The molecule has 11 heteroatoms. The molecular weight excluding hydrogens is 348 g/mol. The van der Waals surface area contributed by atoms with Gasteiger partial charge in [-0.3, -0.25) is 4.40 Å². The number of hydrogen-bond acceptors (Lipinski definition) is 5. The summed E-state index contributed by atoms with van der Waals surface area (Å²) in [6, 6.07) is 0. The van der Waals surface area contributed by atoms with E-state index in [1.807, 2.05) is 13.8 Å². The minimum atomic E-state index is -4.10. The number of sulfonamides is 1. The van der Waals surface area contributed by atoms with Crippen LogP contribution >= 0.6 is 22.9 Å². The Morgan fingerprint density at radius 3 is 2.91 bits per heavy atom. The van der Waals surface area contributed by atoms with Crippen LogP contribution in [-0.2, 0) is 10.0 Å². The molecule has 0 amide bonds. The molecule has 3 rings (SSSR count). The van der Waals surface area contributed by atoms with E-state index in [2.05, 4.69) is 14.5 Å². The normalized spacial score (nSPS) is 18.5. The van der Waals surface area contributed by atoms with E-state index in [1.165, 1.54) is 20.7 Å². The SMILES string of the molecule is CC1(C)C=NN(/C(N)=N/S(=O)(=O)c2c(Cl)nc3sccn23)C1. The summed E-state index contributed by atoms with van der Waals surface area (Å²) in [5.41, 5.74) is 5.58. The van der Waals surface area contributed by atoms with Crippen LogP contribution in [-0.4, -0.2) is 41.5 Å². The number of aromatic nitrogens is 2. The smallest absolute Gasteiger partial charge is 0.304 e. The van der Waals surface area contributed by atoms with E-state index in [4.69, 9.17) is 17.3 Å². The second-order valence-electron chi connectivity index (χ2n) is 5.48. The van der Waals surface area contributed by atoms with Crippen molar-refractivity contribution in [3.05, 3.63) is 16.7 Å². The van der Waals surface area contributed by atoms with Crippen molar-refractivity contribution in [3.63, 3.8) is 0 Å². The number of nitrogens with zero attached hydrogens (tertiary/aromatic N) is 5. The number of thiazole rings is 1. The molecule has 0 spiro atoms. The summed E-state index contributed by atoms with van der Waals surface area (Å²) in [7, 11) is -4.10. The van der Waals surface area contributed by atoms with Gasteiger partial charge in [0.1, 0.15) is 0 Å². The van der Waals surface area contributed by atoms with Gasteiger partial charge in [-0.15, -0.1) is 15.7 Å². The van der Waals surface area contributed by atoms with Crippen molar-refractivity contribution in [1.82, 2.24) is 14.4 Å². The van der Waals surface area contributed by atoms with Crippen LogP contribution in [0.1, 0.15) is 13.8 Å². The molecule has 0 aliphatic carbocycles. The third-order valence-corrected chi connectivity index (χ3v) is 5.44. The number of fused-ring (bicyclic) bond motifs is 1. The molecule has 1 aliphatic heterocycles. The molecule has 0 radical (unpaired) electrons. The van der Waals surface area contributed by atoms with Crippen LogP contribution in [0, 0.1) is 5.41 Å². The second-order valence-corrected chi connectivity index (χ2v) is 8.23. The van der Waals surface area contributed by atoms with Gasteiger partial charge in [-0.2, -0.15) is 13.5 Å². The Balaban J connectivity index is 2.00. The van der Waals surface area contributed by atoms with E-state index in [9.17, 15) is 8.42 Å². The fourth-order valence-corrected chi connectivity index (χ4v) is 4.38. The Kier molecular flexibility index (Phi) is 3.42. The van der Waals surface area contributed by atoms with E-state index in [1.54, 1.807) is 17.8 Å². The molecule has 8 nitrogen and oxygen atoms in total. The van der Waals surface area contributed by atoms with E-state index in [0.29, 0.717) is 11.5 Å². The Bertz CT molecular complexity index is 895. The van der Waals surface area contributed by atoms with Crippen molar-refractivity contribution in [2.45, 2.75) is 18.9 Å². The van der Waals surface area contributed by atoms with Gasteiger partial charge in [-0.1, -0.05) is 25.4 Å². The summed E-state index contributed by atoms with van der Waals surface area (Å²) in [6.07, 6.45) is 3.26. The first-order valence-corrected chi connectivity index (χ1v) is 8.94. The molecule has 0 aromatic carbocycles. The zero-order valence-corrected chi connectivity index (χ0v) is 14.2. The van der Waals surface area contributed by atoms with Crippen molar-refractivity contribution in [2.24, 2.45) is 20.6 Å². The van der Waals surface area contributed by atoms with Crippen LogP contribution in [0.5, 0.6) is 0 Å². The summed E-state index contributed by atoms with van der Waals surface area (Å²) in [5, 5.41) is 6.79. The minimum absolute atomic E-state index is 0.131. The molecular formula is C11H13ClN6O2S2. The lowest BCUT2D eigenvalue weighted by atomic mass is 9.97. The Morgan fingerprint density at radius 1 is 1.55 bits per heavy atom. The van der Waals surface area contributed by atoms with Crippen molar-refractivity contribution in [3.8, 4) is 0 Å². The highest BCUT2D eigenvalue weighted by molar-refractivity contribution is 7.90. The van der Waals surface area contributed by atoms with Gasteiger partial charge in [0.05, 0.1) is 6.54 Å². The summed E-state index contributed by atoms with van der Waals surface area (Å²) >= 11 is 7.20. The fraction of sp³-hybridized carbons (Fsp3) is 0.364. The standard InChI is InChI=1S/C11H13ClN6O2S2/c1-11(2)5-14-18(6-11)9(13)16-22(19,20)8-7(12)15-10-17(8)3-4-21-10/h3-5H,6H2,1-2H3,(H2,13,16). The van der Waals surface area contributed by atoms with Crippen LogP contribution in [0.2, 0.25) is 5.15 Å². The summed E-state index contributed by atoms with van der Waals surface area (Å²) in [5.74, 6) is -0.205. The largest absolute Gasteiger partial charge is 0.367 e. The van der Waals surface area contributed by atoms with Crippen LogP contribution in [0.15, 0.2) is 26.1 Å². The van der Waals surface area contributed by atoms with Gasteiger partial charge >= 0.3 is 10.0 Å². The molecule has 118 valence electrons. The number of nitrogens with two attached hydrogens (primary N) is 1. The molecule has 2 aromatic rings. The maximum atomic E-state index is 12.5. The van der Waals surface area contributed by atoms with Crippen LogP contribution in [0.4, 0.5) is 0 Å². The fourth-order valence-electron chi connectivity index (χ4n) is 2.02. The lowest BCUT2D eigenvalue weighted by molar-refractivity contribution is 0.383. The third-order valence-electron chi connectivity index (χ3n) is 3.00. The lowest BCUT2D eigenvalue weighted by Gasteiger charge is -2.17. The first-order valence-electron chi connectivity index (χ1n) is 6.24.